The van der Waals surface area contributed by atoms with E-state index in [4.69, 9.17) is 0 Å². The Morgan fingerprint density at radius 3 is 2.47 bits per heavy atom. The van der Waals surface area contributed by atoms with Gasteiger partial charge < -0.3 is 4.74 Å². The van der Waals surface area contributed by atoms with Crippen LogP contribution in [0.5, 0.6) is 0 Å². The van der Waals surface area contributed by atoms with E-state index in [9.17, 15) is 18.0 Å². The fourth-order valence-corrected chi connectivity index (χ4v) is 2.02. The lowest BCUT2D eigenvalue weighted by Gasteiger charge is -2.16. The molecule has 0 unspecified atom stereocenters. The van der Waals surface area contributed by atoms with Crippen molar-refractivity contribution >= 4 is 43.9 Å². The number of benzene rings is 1. The van der Waals surface area contributed by atoms with E-state index in [0.717, 1.165) is 3.93 Å². The molecule has 0 aromatic heterocycles. The minimum Gasteiger partial charge on any atom is -0.439 e. The first-order valence-corrected chi connectivity index (χ1v) is 5.75. The molecule has 1 aromatic rings. The van der Waals surface area contributed by atoms with E-state index >= 15 is 0 Å². The summed E-state index contributed by atoms with van der Waals surface area (Å²) in [6, 6.07) is 6.51. The molecule has 0 fully saturated rings. The van der Waals surface area contributed by atoms with Gasteiger partial charge in [0, 0.05) is 4.47 Å². The molecule has 0 heterocycles. The zero-order valence-corrected chi connectivity index (χ0v) is 11.3. The van der Waals surface area contributed by atoms with Crippen LogP contribution in [0.2, 0.25) is 0 Å². The first-order valence-electron chi connectivity index (χ1n) is 4.25. The van der Waals surface area contributed by atoms with Gasteiger partial charge in [-0.3, -0.25) is 0 Å². The number of alkyl halides is 3. The predicted molar refractivity (Wildman–Crippen MR) is 63.0 cm³/mol. The molecule has 0 atom stereocenters. The van der Waals surface area contributed by atoms with Crippen LogP contribution >= 0.6 is 32.1 Å². The molecule has 1 aromatic carbocycles. The van der Waals surface area contributed by atoms with Crippen molar-refractivity contribution in [2.45, 2.75) is 6.18 Å². The van der Waals surface area contributed by atoms with E-state index < -0.39 is 18.9 Å². The van der Waals surface area contributed by atoms with Gasteiger partial charge in [0.15, 0.2) is 6.61 Å². The Kier molecular flexibility index (Phi) is 4.81. The summed E-state index contributed by atoms with van der Waals surface area (Å²) in [7, 11) is 0. The number of amides is 1. The zero-order valence-electron chi connectivity index (χ0n) is 8.17. The monoisotopic (exact) mass is 375 g/mol. The Bertz CT molecular complexity index is 411. The number of para-hydroxylation sites is 1. The minimum atomic E-state index is -4.54. The van der Waals surface area contributed by atoms with E-state index in [2.05, 4.69) is 36.8 Å². The maximum atomic E-state index is 11.8. The van der Waals surface area contributed by atoms with E-state index in [1.807, 2.05) is 0 Å². The molecule has 0 saturated carbocycles. The summed E-state index contributed by atoms with van der Waals surface area (Å²) in [6.45, 7) is -1.63. The van der Waals surface area contributed by atoms with Gasteiger partial charge in [-0.1, -0.05) is 12.1 Å². The molecular formula is C9H6Br2F3NO2. The maximum absolute atomic E-state index is 11.8. The first kappa shape index (κ1) is 14.3. The molecule has 8 heteroatoms. The average Bonchev–Trinajstić information content (AvgIpc) is 2.24. The highest BCUT2D eigenvalue weighted by Gasteiger charge is 2.31. The van der Waals surface area contributed by atoms with Crippen LogP contribution in [-0.4, -0.2) is 18.9 Å². The summed E-state index contributed by atoms with van der Waals surface area (Å²) < 4.78 is 40.9. The molecule has 0 bridgehead atoms. The summed E-state index contributed by atoms with van der Waals surface area (Å²) in [5.74, 6) is 0. The van der Waals surface area contributed by atoms with Crippen LogP contribution in [0.25, 0.3) is 0 Å². The number of hydrogen-bond donors (Lipinski definition) is 0. The second-order valence-corrected chi connectivity index (χ2v) is 4.47. The number of halogens is 5. The van der Waals surface area contributed by atoms with Crippen molar-refractivity contribution < 1.29 is 22.7 Å². The van der Waals surface area contributed by atoms with Gasteiger partial charge in [-0.25, -0.2) is 8.72 Å². The fraction of sp³-hybridized carbons (Fsp3) is 0.222. The van der Waals surface area contributed by atoms with Crippen LogP contribution in [0.15, 0.2) is 28.7 Å². The van der Waals surface area contributed by atoms with Gasteiger partial charge in [0.1, 0.15) is 0 Å². The number of nitrogens with zero attached hydrogens (tertiary/aromatic N) is 1. The van der Waals surface area contributed by atoms with Gasteiger partial charge in [0.25, 0.3) is 0 Å². The second-order valence-electron chi connectivity index (χ2n) is 2.90. The second kappa shape index (κ2) is 5.72. The topological polar surface area (TPSA) is 29.5 Å². The number of carbonyl (C=O) groups is 1. The molecule has 1 amide bonds. The van der Waals surface area contributed by atoms with Gasteiger partial charge in [0.2, 0.25) is 0 Å². The van der Waals surface area contributed by atoms with Gasteiger partial charge in [-0.15, -0.1) is 0 Å². The molecule has 0 saturated heterocycles. The summed E-state index contributed by atoms with van der Waals surface area (Å²) >= 11 is 5.99. The van der Waals surface area contributed by atoms with Crippen molar-refractivity contribution in [2.24, 2.45) is 0 Å². The lowest BCUT2D eigenvalue weighted by Crippen LogP contribution is -2.27. The Labute approximate surface area is 112 Å². The van der Waals surface area contributed by atoms with Gasteiger partial charge in [-0.2, -0.15) is 13.2 Å². The van der Waals surface area contributed by atoms with E-state index in [1.165, 1.54) is 6.07 Å². The van der Waals surface area contributed by atoms with Crippen molar-refractivity contribution in [3.63, 3.8) is 0 Å². The third kappa shape index (κ3) is 4.55. The van der Waals surface area contributed by atoms with Gasteiger partial charge in [0.05, 0.1) is 21.8 Å². The third-order valence-corrected chi connectivity index (χ3v) is 2.93. The molecule has 3 nitrogen and oxygen atoms in total. The summed E-state index contributed by atoms with van der Waals surface area (Å²) in [6.07, 6.45) is -5.69. The Morgan fingerprint density at radius 2 is 1.94 bits per heavy atom. The number of carbonyl (C=O) groups excluding carboxylic acids is 1. The molecule has 0 spiro atoms. The van der Waals surface area contributed by atoms with Crippen LogP contribution in [0.1, 0.15) is 0 Å². The predicted octanol–water partition coefficient (Wildman–Crippen LogP) is 4.26. The molecule has 17 heavy (non-hydrogen) atoms. The van der Waals surface area contributed by atoms with Crippen LogP contribution in [0.4, 0.5) is 23.7 Å². The zero-order chi connectivity index (χ0) is 13.1. The van der Waals surface area contributed by atoms with Crippen molar-refractivity contribution in [2.75, 3.05) is 10.5 Å². The summed E-state index contributed by atoms with van der Waals surface area (Å²) in [5.41, 5.74) is 0.347. The Morgan fingerprint density at radius 1 is 1.35 bits per heavy atom. The largest absolute Gasteiger partial charge is 0.439 e. The van der Waals surface area contributed by atoms with E-state index in [-0.39, 0.29) is 0 Å². The van der Waals surface area contributed by atoms with Gasteiger partial charge in [-0.05, 0) is 28.1 Å². The van der Waals surface area contributed by atoms with E-state index in [0.29, 0.717) is 10.2 Å². The van der Waals surface area contributed by atoms with E-state index in [1.54, 1.807) is 18.2 Å². The molecular weight excluding hydrogens is 371 g/mol. The molecule has 1 rings (SSSR count). The van der Waals surface area contributed by atoms with Crippen molar-refractivity contribution in [1.29, 1.82) is 0 Å². The van der Waals surface area contributed by atoms with Crippen molar-refractivity contribution in [3.8, 4) is 0 Å². The third-order valence-electron chi connectivity index (χ3n) is 1.58. The molecule has 0 radical (unpaired) electrons. The number of ether oxygens (including phenoxy) is 1. The first-order chi connectivity index (χ1) is 7.81. The standard InChI is InChI=1S/C9H6Br2F3NO2/c10-6-3-1-2-4-7(6)15(11)8(16)17-5-9(12,13)14/h1-4H,5H2. The Balaban J connectivity index is 2.68. The lowest BCUT2D eigenvalue weighted by molar-refractivity contribution is -0.159. The normalized spacial score (nSPS) is 11.1. The summed E-state index contributed by atoms with van der Waals surface area (Å²) in [4.78, 5) is 11.3. The number of anilines is 1. The molecule has 0 aliphatic heterocycles. The fourth-order valence-electron chi connectivity index (χ4n) is 0.910. The molecule has 0 aliphatic rings. The minimum absolute atomic E-state index is 0.347. The smallest absolute Gasteiger partial charge is 0.425 e. The van der Waals surface area contributed by atoms with Crippen molar-refractivity contribution in [1.82, 2.24) is 0 Å². The number of rotatable bonds is 2. The van der Waals surface area contributed by atoms with Crippen LogP contribution in [-0.2, 0) is 4.74 Å². The van der Waals surface area contributed by atoms with Crippen LogP contribution in [0.3, 0.4) is 0 Å². The average molecular weight is 377 g/mol. The highest BCUT2D eigenvalue weighted by Crippen LogP contribution is 2.28. The number of hydrogen-bond acceptors (Lipinski definition) is 2. The van der Waals surface area contributed by atoms with Crippen LogP contribution in [0, 0.1) is 0 Å². The lowest BCUT2D eigenvalue weighted by atomic mass is 10.3. The quantitative estimate of drug-likeness (QED) is 0.721. The van der Waals surface area contributed by atoms with Crippen LogP contribution < -0.4 is 3.93 Å². The SMILES string of the molecule is O=C(OCC(F)(F)F)N(Br)c1ccccc1Br. The molecule has 94 valence electrons. The summed E-state index contributed by atoms with van der Waals surface area (Å²) in [5, 5.41) is 0. The maximum Gasteiger partial charge on any atom is 0.425 e. The molecule has 0 aliphatic carbocycles. The van der Waals surface area contributed by atoms with Gasteiger partial charge >= 0.3 is 12.3 Å². The highest BCUT2D eigenvalue weighted by molar-refractivity contribution is 9.11. The van der Waals surface area contributed by atoms with Crippen molar-refractivity contribution in [3.05, 3.63) is 28.7 Å². The Hall–Kier alpha value is -0.760. The molecule has 0 N–H and O–H groups in total. The highest BCUT2D eigenvalue weighted by atomic mass is 79.9.